The maximum absolute atomic E-state index is 12.4. The van der Waals surface area contributed by atoms with Gasteiger partial charge in [-0.15, -0.1) is 10.2 Å². The van der Waals surface area contributed by atoms with Crippen LogP contribution in [0.4, 0.5) is 5.69 Å². The average molecular weight is 346 g/mol. The van der Waals surface area contributed by atoms with Crippen LogP contribution < -0.4 is 10.1 Å². The van der Waals surface area contributed by atoms with Crippen LogP contribution in [0, 0.1) is 0 Å². The number of benzene rings is 1. The monoisotopic (exact) mass is 346 g/mol. The van der Waals surface area contributed by atoms with Gasteiger partial charge >= 0.3 is 0 Å². The first-order valence-corrected chi connectivity index (χ1v) is 9.05. The van der Waals surface area contributed by atoms with E-state index in [1.165, 1.54) is 24.6 Å². The van der Waals surface area contributed by atoms with Gasteiger partial charge in [-0.2, -0.15) is 0 Å². The van der Waals surface area contributed by atoms with Crippen molar-refractivity contribution < 1.29 is 9.53 Å². The molecule has 0 radical (unpaired) electrons. The second-order valence-corrected chi connectivity index (χ2v) is 7.15. The third-order valence-corrected chi connectivity index (χ3v) is 5.09. The van der Waals surface area contributed by atoms with Crippen molar-refractivity contribution in [2.75, 3.05) is 12.4 Å². The van der Waals surface area contributed by atoms with Gasteiger partial charge in [0.25, 0.3) is 0 Å². The van der Waals surface area contributed by atoms with E-state index < -0.39 is 0 Å². The van der Waals surface area contributed by atoms with Gasteiger partial charge in [0.05, 0.1) is 12.4 Å². The maximum Gasteiger partial charge on any atom is 0.237 e. The number of thioether (sulfide) groups is 1. The van der Waals surface area contributed by atoms with Gasteiger partial charge in [0.2, 0.25) is 5.91 Å². The number of amides is 1. The molecule has 128 valence electrons. The lowest BCUT2D eigenvalue weighted by atomic mass is 10.3. The van der Waals surface area contributed by atoms with Gasteiger partial charge in [0, 0.05) is 18.2 Å². The largest absolute Gasteiger partial charge is 0.497 e. The number of hydrogen-bond donors (Lipinski definition) is 1. The molecule has 1 heterocycles. The Kier molecular flexibility index (Phi) is 5.08. The molecule has 1 fully saturated rings. The fourth-order valence-electron chi connectivity index (χ4n) is 2.46. The number of rotatable bonds is 7. The molecular weight excluding hydrogens is 324 g/mol. The second kappa shape index (κ2) is 7.25. The first-order valence-electron chi connectivity index (χ1n) is 8.17. The maximum atomic E-state index is 12.4. The fraction of sp³-hybridized carbons (Fsp3) is 0.471. The molecule has 1 saturated carbocycles. The second-order valence-electron chi connectivity index (χ2n) is 5.84. The minimum absolute atomic E-state index is 0.0520. The van der Waals surface area contributed by atoms with E-state index in [1.807, 2.05) is 31.2 Å². The highest BCUT2D eigenvalue weighted by Gasteiger charge is 2.30. The lowest BCUT2D eigenvalue weighted by Gasteiger charge is -2.13. The molecule has 3 rings (SSSR count). The number of ether oxygens (including phenoxy) is 1. The zero-order chi connectivity index (χ0) is 17.1. The van der Waals surface area contributed by atoms with E-state index in [0.717, 1.165) is 29.0 Å². The number of nitrogens with zero attached hydrogens (tertiary/aromatic N) is 3. The molecule has 1 aromatic carbocycles. The molecule has 7 heteroatoms. The van der Waals surface area contributed by atoms with Gasteiger partial charge in [-0.25, -0.2) is 0 Å². The van der Waals surface area contributed by atoms with E-state index >= 15 is 0 Å². The van der Waals surface area contributed by atoms with Gasteiger partial charge in [-0.3, -0.25) is 4.79 Å². The first kappa shape index (κ1) is 16.8. The van der Waals surface area contributed by atoms with Crippen molar-refractivity contribution in [3.05, 3.63) is 30.1 Å². The third kappa shape index (κ3) is 3.72. The quantitative estimate of drug-likeness (QED) is 0.779. The highest BCUT2D eigenvalue weighted by Crippen LogP contribution is 2.40. The molecule has 1 aliphatic carbocycles. The molecule has 1 amide bonds. The van der Waals surface area contributed by atoms with Crippen LogP contribution in [-0.2, 0) is 11.3 Å². The summed E-state index contributed by atoms with van der Waals surface area (Å²) in [4.78, 5) is 12.4. The molecule has 0 bridgehead atoms. The zero-order valence-corrected chi connectivity index (χ0v) is 15.0. The van der Waals surface area contributed by atoms with Crippen molar-refractivity contribution in [1.82, 2.24) is 14.8 Å². The lowest BCUT2D eigenvalue weighted by molar-refractivity contribution is -0.115. The van der Waals surface area contributed by atoms with Crippen LogP contribution in [0.5, 0.6) is 5.75 Å². The van der Waals surface area contributed by atoms with Crippen molar-refractivity contribution >= 4 is 23.4 Å². The van der Waals surface area contributed by atoms with E-state index in [4.69, 9.17) is 4.74 Å². The highest BCUT2D eigenvalue weighted by molar-refractivity contribution is 8.00. The SMILES string of the molecule is CCn1c(SC(C)C(=O)Nc2ccc(OC)cc2)nnc1C1CC1. The molecule has 1 atom stereocenters. The normalized spacial score (nSPS) is 15.1. The summed E-state index contributed by atoms with van der Waals surface area (Å²) < 4.78 is 7.24. The van der Waals surface area contributed by atoms with Gasteiger partial charge < -0.3 is 14.6 Å². The number of anilines is 1. The standard InChI is InChI=1S/C17H22N4O2S/c1-4-21-15(12-5-6-12)19-20-17(21)24-11(2)16(22)18-13-7-9-14(23-3)10-8-13/h7-12H,4-6H2,1-3H3,(H,18,22). The molecule has 24 heavy (non-hydrogen) atoms. The Morgan fingerprint density at radius 1 is 1.38 bits per heavy atom. The minimum atomic E-state index is -0.256. The van der Waals surface area contributed by atoms with Gasteiger partial charge in [0.1, 0.15) is 11.6 Å². The third-order valence-electron chi connectivity index (χ3n) is 4.01. The summed E-state index contributed by atoms with van der Waals surface area (Å²) in [5.74, 6) is 2.32. The van der Waals surface area contributed by atoms with Crippen molar-refractivity contribution in [1.29, 1.82) is 0 Å². The van der Waals surface area contributed by atoms with E-state index in [-0.39, 0.29) is 11.2 Å². The average Bonchev–Trinajstić information content (AvgIpc) is 3.36. The van der Waals surface area contributed by atoms with E-state index in [0.29, 0.717) is 5.92 Å². The van der Waals surface area contributed by atoms with Crippen molar-refractivity contribution in [2.24, 2.45) is 0 Å². The zero-order valence-electron chi connectivity index (χ0n) is 14.2. The summed E-state index contributed by atoms with van der Waals surface area (Å²) in [6.07, 6.45) is 2.38. The van der Waals surface area contributed by atoms with Crippen LogP contribution >= 0.6 is 11.8 Å². The molecule has 1 aliphatic rings. The summed E-state index contributed by atoms with van der Waals surface area (Å²) in [5.41, 5.74) is 0.754. The first-order chi connectivity index (χ1) is 11.6. The summed E-state index contributed by atoms with van der Waals surface area (Å²) in [7, 11) is 1.62. The summed E-state index contributed by atoms with van der Waals surface area (Å²) >= 11 is 1.45. The topological polar surface area (TPSA) is 69.0 Å². The smallest absolute Gasteiger partial charge is 0.237 e. The molecule has 1 N–H and O–H groups in total. The predicted octanol–water partition coefficient (Wildman–Crippen LogP) is 3.30. The molecule has 0 aliphatic heterocycles. The summed E-state index contributed by atoms with van der Waals surface area (Å²) in [6, 6.07) is 7.30. The van der Waals surface area contributed by atoms with Crippen molar-refractivity contribution in [3.63, 3.8) is 0 Å². The highest BCUT2D eigenvalue weighted by atomic mass is 32.2. The number of carbonyl (C=O) groups is 1. The van der Waals surface area contributed by atoms with Crippen LogP contribution in [0.15, 0.2) is 29.4 Å². The number of aromatic nitrogens is 3. The predicted molar refractivity (Wildman–Crippen MR) is 94.6 cm³/mol. The number of hydrogen-bond acceptors (Lipinski definition) is 5. The van der Waals surface area contributed by atoms with Crippen LogP contribution in [0.2, 0.25) is 0 Å². The van der Waals surface area contributed by atoms with Crippen molar-refractivity contribution in [3.8, 4) is 5.75 Å². The Morgan fingerprint density at radius 2 is 2.08 bits per heavy atom. The van der Waals surface area contributed by atoms with E-state index in [2.05, 4.69) is 27.0 Å². The molecule has 0 spiro atoms. The molecule has 1 aromatic heterocycles. The van der Waals surface area contributed by atoms with Gasteiger partial charge in [-0.1, -0.05) is 11.8 Å². The Morgan fingerprint density at radius 3 is 2.67 bits per heavy atom. The molecule has 6 nitrogen and oxygen atoms in total. The van der Waals surface area contributed by atoms with Crippen LogP contribution in [-0.4, -0.2) is 33.0 Å². The molecular formula is C17H22N4O2S. The van der Waals surface area contributed by atoms with E-state index in [9.17, 15) is 4.79 Å². The van der Waals surface area contributed by atoms with Crippen molar-refractivity contribution in [2.45, 2.75) is 49.6 Å². The summed E-state index contributed by atoms with van der Waals surface area (Å²) in [6.45, 7) is 4.80. The number of methoxy groups -OCH3 is 1. The Balaban J connectivity index is 1.63. The van der Waals surface area contributed by atoms with Gasteiger partial charge in [-0.05, 0) is 51.0 Å². The molecule has 1 unspecified atom stereocenters. The van der Waals surface area contributed by atoms with Gasteiger partial charge in [0.15, 0.2) is 5.16 Å². The lowest BCUT2D eigenvalue weighted by Crippen LogP contribution is -2.23. The molecule has 2 aromatic rings. The van der Waals surface area contributed by atoms with Crippen LogP contribution in [0.1, 0.15) is 38.4 Å². The Labute approximate surface area is 146 Å². The number of carbonyl (C=O) groups excluding carboxylic acids is 1. The Bertz CT molecular complexity index is 710. The Hall–Kier alpha value is -2.02. The van der Waals surface area contributed by atoms with Crippen LogP contribution in [0.25, 0.3) is 0 Å². The summed E-state index contributed by atoms with van der Waals surface area (Å²) in [5, 5.41) is 12.1. The fourth-order valence-corrected chi connectivity index (χ4v) is 3.38. The minimum Gasteiger partial charge on any atom is -0.497 e. The van der Waals surface area contributed by atoms with Crippen LogP contribution in [0.3, 0.4) is 0 Å². The number of nitrogens with one attached hydrogen (secondary N) is 1. The van der Waals surface area contributed by atoms with E-state index in [1.54, 1.807) is 7.11 Å². The molecule has 0 saturated heterocycles.